The lowest BCUT2D eigenvalue weighted by molar-refractivity contribution is -0.379. The molecule has 0 aromatic heterocycles. The molecule has 0 aromatic carbocycles. The number of carbonyl (C=O) groups is 1. The number of amides is 1. The maximum atomic E-state index is 13.2. The second-order valence-electron chi connectivity index (χ2n) is 20.4. The van der Waals surface area contributed by atoms with E-state index >= 15 is 0 Å². The quantitative estimate of drug-likeness (QED) is 0.0306. The smallest absolute Gasteiger partial charge is 0.220 e. The van der Waals surface area contributed by atoms with Crippen molar-refractivity contribution in [1.82, 2.24) is 5.32 Å². The highest BCUT2D eigenvalue weighted by molar-refractivity contribution is 5.76. The maximum Gasteiger partial charge on any atom is 0.220 e. The van der Waals surface area contributed by atoms with Gasteiger partial charge in [-0.2, -0.15) is 0 Å². The summed E-state index contributed by atoms with van der Waals surface area (Å²) < 4.78 is 34.1. The Labute approximate surface area is 446 Å². The van der Waals surface area contributed by atoms with Crippen LogP contribution in [0.3, 0.4) is 0 Å². The monoisotopic (exact) mass is 1070 g/mol. The Bertz CT molecular complexity index is 1570. The molecule has 12 N–H and O–H groups in total. The average molecular weight is 1070 g/mol. The van der Waals surface area contributed by atoms with Crippen LogP contribution in [0.15, 0.2) is 48.6 Å². The van der Waals surface area contributed by atoms with Gasteiger partial charge < -0.3 is 89.9 Å². The van der Waals surface area contributed by atoms with E-state index in [1.807, 2.05) is 6.08 Å². The highest BCUT2D eigenvalue weighted by atomic mass is 16.8. The van der Waals surface area contributed by atoms with Crippen LogP contribution in [-0.2, 0) is 33.2 Å². The van der Waals surface area contributed by atoms with Crippen LogP contribution in [0.25, 0.3) is 0 Å². The molecule has 19 heteroatoms. The van der Waals surface area contributed by atoms with Crippen LogP contribution in [0.1, 0.15) is 168 Å². The zero-order valence-corrected chi connectivity index (χ0v) is 45.0. The first-order chi connectivity index (χ1) is 36.3. The standard InChI is InChI=1S/C56H99NO18/c1-3-5-7-9-11-13-15-16-17-18-19-20-21-22-24-25-27-29-31-33-40(61)39(57-44(62)34-32-30-28-26-23-14-12-10-8-6-4-2)38-70-54-50(68)47(65)52(42(36-59)72-54)75-56-51(69)48(66)53(43(37-60)73-56)74-55-49(67)46(64)45(63)41(35-58)71-55/h10,12,19-20,24-25,31,33,39-43,45-56,58-61,63-69H,3-9,11,13-18,21-23,26-30,32,34-38H2,1-2H3,(H,57,62)/b12-10-,20-19+,25-24+,33-31+. The summed E-state index contributed by atoms with van der Waals surface area (Å²) in [4.78, 5) is 13.2. The molecule has 0 aliphatic carbocycles. The molecular formula is C56H99NO18. The molecule has 0 spiro atoms. The van der Waals surface area contributed by atoms with Crippen molar-refractivity contribution in [3.05, 3.63) is 48.6 Å². The normalized spacial score (nSPS) is 31.6. The van der Waals surface area contributed by atoms with Crippen LogP contribution in [0.5, 0.6) is 0 Å². The predicted molar refractivity (Wildman–Crippen MR) is 282 cm³/mol. The summed E-state index contributed by atoms with van der Waals surface area (Å²) in [5, 5.41) is 120. The van der Waals surface area contributed by atoms with Crippen LogP contribution in [0.4, 0.5) is 0 Å². The van der Waals surface area contributed by atoms with Gasteiger partial charge in [-0.1, -0.05) is 146 Å². The van der Waals surface area contributed by atoms with Gasteiger partial charge in [-0.3, -0.25) is 4.79 Å². The number of carbonyl (C=O) groups excluding carboxylic acids is 1. The molecule has 75 heavy (non-hydrogen) atoms. The highest BCUT2D eigenvalue weighted by Gasteiger charge is 2.53. The van der Waals surface area contributed by atoms with Gasteiger partial charge in [0.1, 0.15) is 73.2 Å². The van der Waals surface area contributed by atoms with Crippen LogP contribution in [0, 0.1) is 0 Å². The van der Waals surface area contributed by atoms with Gasteiger partial charge in [-0.15, -0.1) is 0 Å². The average Bonchev–Trinajstić information content (AvgIpc) is 3.41. The van der Waals surface area contributed by atoms with E-state index < -0.39 is 124 Å². The van der Waals surface area contributed by atoms with Crippen molar-refractivity contribution < 1.29 is 89.4 Å². The van der Waals surface area contributed by atoms with E-state index in [1.165, 1.54) is 70.6 Å². The first-order valence-corrected chi connectivity index (χ1v) is 28.4. The highest BCUT2D eigenvalue weighted by Crippen LogP contribution is 2.33. The van der Waals surface area contributed by atoms with Gasteiger partial charge in [0.05, 0.1) is 38.6 Å². The second kappa shape index (κ2) is 40.0. The third-order valence-electron chi connectivity index (χ3n) is 14.1. The number of hydrogen-bond donors (Lipinski definition) is 12. The molecule has 1 amide bonds. The molecule has 3 aliphatic heterocycles. The summed E-state index contributed by atoms with van der Waals surface area (Å²) in [6, 6.07) is -0.999. The van der Waals surface area contributed by atoms with E-state index in [0.717, 1.165) is 64.2 Å². The van der Waals surface area contributed by atoms with Gasteiger partial charge in [0, 0.05) is 6.42 Å². The van der Waals surface area contributed by atoms with Gasteiger partial charge in [0.2, 0.25) is 5.91 Å². The minimum atomic E-state index is -1.98. The van der Waals surface area contributed by atoms with Gasteiger partial charge in [0.25, 0.3) is 0 Å². The summed E-state index contributed by atoms with van der Waals surface area (Å²) in [6.45, 7) is 1.61. The number of hydrogen-bond acceptors (Lipinski definition) is 18. The summed E-state index contributed by atoms with van der Waals surface area (Å²) in [5.74, 6) is -0.304. The lowest BCUT2D eigenvalue weighted by Gasteiger charge is -2.48. The number of rotatable bonds is 40. The summed E-state index contributed by atoms with van der Waals surface area (Å²) >= 11 is 0. The molecule has 3 saturated heterocycles. The Hall–Kier alpha value is -2.25. The fourth-order valence-corrected chi connectivity index (χ4v) is 9.32. The van der Waals surface area contributed by atoms with Crippen LogP contribution in [-0.4, -0.2) is 193 Å². The van der Waals surface area contributed by atoms with Crippen LogP contribution >= 0.6 is 0 Å². The Kier molecular flexibility index (Phi) is 35.8. The number of aliphatic hydroxyl groups excluding tert-OH is 11. The molecule has 3 fully saturated rings. The van der Waals surface area contributed by atoms with Crippen LogP contribution < -0.4 is 5.32 Å². The first-order valence-electron chi connectivity index (χ1n) is 28.4. The molecule has 3 heterocycles. The molecule has 3 rings (SSSR count). The molecule has 19 nitrogen and oxygen atoms in total. The number of unbranched alkanes of at least 4 members (excludes halogenated alkanes) is 18. The van der Waals surface area contributed by atoms with Gasteiger partial charge >= 0.3 is 0 Å². The summed E-state index contributed by atoms with van der Waals surface area (Å²) in [5.41, 5.74) is 0. The van der Waals surface area contributed by atoms with Gasteiger partial charge in [-0.05, 0) is 64.2 Å². The summed E-state index contributed by atoms with van der Waals surface area (Å²) in [7, 11) is 0. The number of allylic oxidation sites excluding steroid dienone is 7. The van der Waals surface area contributed by atoms with E-state index in [0.29, 0.717) is 12.8 Å². The molecule has 3 aliphatic rings. The zero-order valence-electron chi connectivity index (χ0n) is 45.0. The Morgan fingerprint density at radius 1 is 0.467 bits per heavy atom. The van der Waals surface area contributed by atoms with E-state index in [2.05, 4.69) is 55.6 Å². The minimum absolute atomic E-state index is 0.220. The molecule has 0 saturated carbocycles. The topological polar surface area (TPSA) is 307 Å². The van der Waals surface area contributed by atoms with Crippen molar-refractivity contribution in [2.45, 2.75) is 272 Å². The van der Waals surface area contributed by atoms with E-state index in [9.17, 15) is 61.0 Å². The molecule has 436 valence electrons. The maximum absolute atomic E-state index is 13.2. The van der Waals surface area contributed by atoms with E-state index in [4.69, 9.17) is 28.4 Å². The van der Waals surface area contributed by atoms with E-state index in [-0.39, 0.29) is 18.9 Å². The lowest BCUT2D eigenvalue weighted by atomic mass is 9.96. The molecule has 17 atom stereocenters. The predicted octanol–water partition coefficient (Wildman–Crippen LogP) is 3.92. The van der Waals surface area contributed by atoms with Gasteiger partial charge in [0.15, 0.2) is 18.9 Å². The third-order valence-corrected chi connectivity index (χ3v) is 14.1. The Balaban J connectivity index is 1.54. The molecular weight excluding hydrogens is 975 g/mol. The molecule has 17 unspecified atom stereocenters. The van der Waals surface area contributed by atoms with Crippen molar-refractivity contribution >= 4 is 5.91 Å². The third kappa shape index (κ3) is 24.8. The fourth-order valence-electron chi connectivity index (χ4n) is 9.32. The Morgan fingerprint density at radius 2 is 0.867 bits per heavy atom. The molecule has 0 aromatic rings. The number of aliphatic hydroxyl groups is 11. The first kappa shape index (κ1) is 67.0. The van der Waals surface area contributed by atoms with Crippen LogP contribution in [0.2, 0.25) is 0 Å². The molecule has 0 bridgehead atoms. The Morgan fingerprint density at radius 3 is 1.37 bits per heavy atom. The van der Waals surface area contributed by atoms with Crippen molar-refractivity contribution in [1.29, 1.82) is 0 Å². The van der Waals surface area contributed by atoms with Crippen molar-refractivity contribution in [2.24, 2.45) is 0 Å². The second-order valence-corrected chi connectivity index (χ2v) is 20.4. The van der Waals surface area contributed by atoms with Crippen molar-refractivity contribution in [2.75, 3.05) is 26.4 Å². The van der Waals surface area contributed by atoms with E-state index in [1.54, 1.807) is 6.08 Å². The minimum Gasteiger partial charge on any atom is -0.394 e. The van der Waals surface area contributed by atoms with Crippen molar-refractivity contribution in [3.63, 3.8) is 0 Å². The largest absolute Gasteiger partial charge is 0.394 e. The summed E-state index contributed by atoms with van der Waals surface area (Å²) in [6.07, 6.45) is 15.4. The number of ether oxygens (including phenoxy) is 6. The SMILES string of the molecule is CCCC/C=C\CCCCCCCC(=O)NC(COC1OC(CO)C(OC2OC(CO)C(OC3OC(CO)C(O)C(O)C3O)C(O)C2O)C(O)C1O)C(O)/C=C/CC/C=C/CC/C=C/CCCCCCCCCCC. The van der Waals surface area contributed by atoms with Crippen molar-refractivity contribution in [3.8, 4) is 0 Å². The number of nitrogens with one attached hydrogen (secondary N) is 1. The fraction of sp³-hybridized carbons (Fsp3) is 0.839. The lowest BCUT2D eigenvalue weighted by Crippen LogP contribution is -2.66. The van der Waals surface area contributed by atoms with Gasteiger partial charge in [-0.25, -0.2) is 0 Å². The molecule has 0 radical (unpaired) electrons. The zero-order chi connectivity index (χ0) is 54.8.